The smallest absolute Gasteiger partial charge is 0.251 e. The van der Waals surface area contributed by atoms with Gasteiger partial charge in [0.15, 0.2) is 0 Å². The lowest BCUT2D eigenvalue weighted by molar-refractivity contribution is -0.154. The quantitative estimate of drug-likeness (QED) is 0.372. The molecule has 0 saturated carbocycles. The molecule has 0 radical (unpaired) electrons. The number of aromatic amines is 1. The van der Waals surface area contributed by atoms with Crippen molar-refractivity contribution in [1.29, 1.82) is 0 Å². The Morgan fingerprint density at radius 1 is 1.13 bits per heavy atom. The number of fused-ring (bicyclic) bond motifs is 4. The van der Waals surface area contributed by atoms with Gasteiger partial charge >= 0.3 is 0 Å². The fraction of sp³-hybridized carbons (Fsp3) is 0.433. The average molecular weight is 517 g/mol. The number of hydrogen-bond donors (Lipinski definition) is 3. The highest BCUT2D eigenvalue weighted by molar-refractivity contribution is 5.99. The topological polar surface area (TPSA) is 104 Å². The zero-order valence-electron chi connectivity index (χ0n) is 22.3. The number of unbranched alkanes of at least 4 members (excludes halogenated alkanes) is 1. The number of benzene rings is 2. The van der Waals surface area contributed by atoms with E-state index in [4.69, 9.17) is 4.74 Å². The van der Waals surface area contributed by atoms with E-state index in [1.54, 1.807) is 19.2 Å². The van der Waals surface area contributed by atoms with Gasteiger partial charge in [-0.1, -0.05) is 32.0 Å². The number of amides is 3. The SMILES string of the molecule is COc1ccc2c3c([nH]c2c1)C(CC(C)C)N1C(=O)C(CCCCNC(=O)c2ccccc2)NC(=O)C1C3. The van der Waals surface area contributed by atoms with Crippen molar-refractivity contribution in [3.8, 4) is 5.75 Å². The standard InChI is InChI=1S/C30H36N4O4/c1-18(2)15-25-27-22(21-13-12-20(38-3)16-24(21)32-27)17-26-29(36)33-23(30(37)34(25)26)11-7-8-14-31-28(35)19-9-5-4-6-10-19/h4-6,9-10,12-13,16,18,23,25-26,32H,7-8,11,14-15,17H2,1-3H3,(H,31,35)(H,33,36). The molecule has 0 aliphatic carbocycles. The van der Waals surface area contributed by atoms with Gasteiger partial charge in [-0.25, -0.2) is 0 Å². The summed E-state index contributed by atoms with van der Waals surface area (Å²) in [7, 11) is 1.65. The maximum absolute atomic E-state index is 13.8. The molecule has 2 aromatic carbocycles. The molecule has 3 amide bonds. The van der Waals surface area contributed by atoms with Crippen molar-refractivity contribution in [3.05, 3.63) is 65.4 Å². The number of aromatic nitrogens is 1. The molecule has 1 aromatic heterocycles. The van der Waals surface area contributed by atoms with Gasteiger partial charge in [0.25, 0.3) is 5.91 Å². The van der Waals surface area contributed by atoms with Crippen LogP contribution in [0.25, 0.3) is 10.9 Å². The molecule has 3 unspecified atom stereocenters. The van der Waals surface area contributed by atoms with E-state index in [2.05, 4.69) is 29.5 Å². The van der Waals surface area contributed by atoms with Gasteiger partial charge in [-0.05, 0) is 61.4 Å². The molecule has 5 rings (SSSR count). The van der Waals surface area contributed by atoms with Crippen LogP contribution in [-0.4, -0.2) is 53.3 Å². The summed E-state index contributed by atoms with van der Waals surface area (Å²) in [5.74, 6) is 0.900. The summed E-state index contributed by atoms with van der Waals surface area (Å²) in [5.41, 5.74) is 3.74. The Labute approximate surface area is 223 Å². The summed E-state index contributed by atoms with van der Waals surface area (Å²) in [6.45, 7) is 4.81. The van der Waals surface area contributed by atoms with Gasteiger partial charge in [-0.15, -0.1) is 0 Å². The Kier molecular flexibility index (Phi) is 7.40. The summed E-state index contributed by atoms with van der Waals surface area (Å²) in [5, 5.41) is 7.01. The van der Waals surface area contributed by atoms with E-state index in [0.717, 1.165) is 47.2 Å². The number of ether oxygens (including phenoxy) is 1. The van der Waals surface area contributed by atoms with Crippen LogP contribution in [0.4, 0.5) is 0 Å². The largest absolute Gasteiger partial charge is 0.497 e. The summed E-state index contributed by atoms with van der Waals surface area (Å²) in [6.07, 6.45) is 3.25. The van der Waals surface area contributed by atoms with Crippen LogP contribution in [-0.2, 0) is 16.0 Å². The van der Waals surface area contributed by atoms with Crippen LogP contribution in [0.1, 0.15) is 67.2 Å². The Balaban J connectivity index is 1.29. The second kappa shape index (κ2) is 10.9. The van der Waals surface area contributed by atoms with Gasteiger partial charge in [0.2, 0.25) is 11.8 Å². The molecule has 3 N–H and O–H groups in total. The molecule has 1 saturated heterocycles. The van der Waals surface area contributed by atoms with E-state index < -0.39 is 12.1 Å². The van der Waals surface area contributed by atoms with Crippen molar-refractivity contribution >= 4 is 28.6 Å². The lowest BCUT2D eigenvalue weighted by Gasteiger charge is -2.47. The fourth-order valence-electron chi connectivity index (χ4n) is 5.81. The normalized spacial score (nSPS) is 20.7. The van der Waals surface area contributed by atoms with Crippen LogP contribution >= 0.6 is 0 Å². The van der Waals surface area contributed by atoms with Crippen molar-refractivity contribution in [2.45, 2.75) is 64.1 Å². The van der Waals surface area contributed by atoms with Gasteiger partial charge in [-0.2, -0.15) is 0 Å². The molecule has 3 atom stereocenters. The van der Waals surface area contributed by atoms with E-state index in [-0.39, 0.29) is 23.8 Å². The molecular weight excluding hydrogens is 480 g/mol. The van der Waals surface area contributed by atoms with Crippen molar-refractivity contribution < 1.29 is 19.1 Å². The first-order chi connectivity index (χ1) is 18.4. The molecular formula is C30H36N4O4. The monoisotopic (exact) mass is 516 g/mol. The summed E-state index contributed by atoms with van der Waals surface area (Å²) < 4.78 is 5.41. The Bertz CT molecular complexity index is 1330. The maximum atomic E-state index is 13.8. The van der Waals surface area contributed by atoms with Crippen LogP contribution in [0.3, 0.4) is 0 Å². The van der Waals surface area contributed by atoms with E-state index >= 15 is 0 Å². The van der Waals surface area contributed by atoms with Crippen molar-refractivity contribution in [3.63, 3.8) is 0 Å². The van der Waals surface area contributed by atoms with Crippen LogP contribution in [0, 0.1) is 5.92 Å². The molecule has 200 valence electrons. The zero-order valence-corrected chi connectivity index (χ0v) is 22.3. The van der Waals surface area contributed by atoms with Crippen molar-refractivity contribution in [2.75, 3.05) is 13.7 Å². The van der Waals surface area contributed by atoms with E-state index in [1.165, 1.54) is 0 Å². The van der Waals surface area contributed by atoms with Gasteiger partial charge in [-0.3, -0.25) is 14.4 Å². The molecule has 0 spiro atoms. The minimum absolute atomic E-state index is 0.0181. The average Bonchev–Trinajstić information content (AvgIpc) is 3.28. The fourth-order valence-corrected chi connectivity index (χ4v) is 5.81. The predicted molar refractivity (Wildman–Crippen MR) is 146 cm³/mol. The highest BCUT2D eigenvalue weighted by atomic mass is 16.5. The minimum atomic E-state index is -0.552. The molecule has 2 aliphatic heterocycles. The predicted octanol–water partition coefficient (Wildman–Crippen LogP) is 4.12. The maximum Gasteiger partial charge on any atom is 0.251 e. The first-order valence-electron chi connectivity index (χ1n) is 13.5. The van der Waals surface area contributed by atoms with Crippen molar-refractivity contribution in [2.24, 2.45) is 5.92 Å². The molecule has 8 heteroatoms. The molecule has 38 heavy (non-hydrogen) atoms. The second-order valence-electron chi connectivity index (χ2n) is 10.7. The van der Waals surface area contributed by atoms with E-state index in [0.29, 0.717) is 30.9 Å². The van der Waals surface area contributed by atoms with Crippen LogP contribution < -0.4 is 15.4 Å². The van der Waals surface area contributed by atoms with Gasteiger partial charge in [0.05, 0.1) is 13.2 Å². The number of methoxy groups -OCH3 is 1. The highest BCUT2D eigenvalue weighted by Crippen LogP contribution is 2.42. The lowest BCUT2D eigenvalue weighted by Crippen LogP contribution is -2.65. The van der Waals surface area contributed by atoms with Crippen molar-refractivity contribution in [1.82, 2.24) is 20.5 Å². The number of piperazine rings is 1. The van der Waals surface area contributed by atoms with Crippen LogP contribution in [0.15, 0.2) is 48.5 Å². The van der Waals surface area contributed by atoms with Gasteiger partial charge in [0.1, 0.15) is 17.8 Å². The van der Waals surface area contributed by atoms with Gasteiger partial charge in [0, 0.05) is 41.2 Å². The first kappa shape index (κ1) is 25.8. The van der Waals surface area contributed by atoms with Crippen LogP contribution in [0.2, 0.25) is 0 Å². The third-order valence-electron chi connectivity index (χ3n) is 7.66. The first-order valence-corrected chi connectivity index (χ1v) is 13.5. The molecule has 1 fully saturated rings. The highest BCUT2D eigenvalue weighted by Gasteiger charge is 2.48. The summed E-state index contributed by atoms with van der Waals surface area (Å²) in [6, 6.07) is 13.8. The Hall–Kier alpha value is -3.81. The lowest BCUT2D eigenvalue weighted by atomic mass is 9.85. The minimum Gasteiger partial charge on any atom is -0.497 e. The molecule has 3 heterocycles. The van der Waals surface area contributed by atoms with Crippen LogP contribution in [0.5, 0.6) is 5.75 Å². The Morgan fingerprint density at radius 3 is 2.66 bits per heavy atom. The Morgan fingerprint density at radius 2 is 1.92 bits per heavy atom. The van der Waals surface area contributed by atoms with Gasteiger partial charge < -0.3 is 25.3 Å². The number of nitrogens with zero attached hydrogens (tertiary/aromatic N) is 1. The molecule has 3 aromatic rings. The number of rotatable bonds is 9. The third kappa shape index (κ3) is 4.99. The second-order valence-corrected chi connectivity index (χ2v) is 10.7. The number of nitrogens with one attached hydrogen (secondary N) is 3. The third-order valence-corrected chi connectivity index (χ3v) is 7.66. The number of carbonyl (C=O) groups excluding carboxylic acids is 3. The zero-order chi connectivity index (χ0) is 26.8. The number of carbonyl (C=O) groups is 3. The number of H-pyrrole nitrogens is 1. The summed E-state index contributed by atoms with van der Waals surface area (Å²) >= 11 is 0. The summed E-state index contributed by atoms with van der Waals surface area (Å²) in [4.78, 5) is 44.8. The number of hydrogen-bond acceptors (Lipinski definition) is 4. The molecule has 0 bridgehead atoms. The van der Waals surface area contributed by atoms with E-state index in [9.17, 15) is 14.4 Å². The molecule has 2 aliphatic rings. The van der Waals surface area contributed by atoms with E-state index in [1.807, 2.05) is 41.3 Å². The molecule has 8 nitrogen and oxygen atoms in total.